The highest BCUT2D eigenvalue weighted by Crippen LogP contribution is 2.31. The topological polar surface area (TPSA) is 56.1 Å². The maximum Gasteiger partial charge on any atom is 0.265 e. The first-order chi connectivity index (χ1) is 14.0. The normalized spacial score (nSPS) is 11.0. The lowest BCUT2D eigenvalue weighted by molar-refractivity contribution is 0.103. The van der Waals surface area contributed by atoms with Crippen LogP contribution >= 0.6 is 22.9 Å². The van der Waals surface area contributed by atoms with E-state index in [1.807, 2.05) is 67.1 Å². The Labute approximate surface area is 177 Å². The van der Waals surface area contributed by atoms with Crippen molar-refractivity contribution in [2.24, 2.45) is 0 Å². The first-order valence-electron chi connectivity index (χ1n) is 9.12. The molecule has 29 heavy (non-hydrogen) atoms. The zero-order chi connectivity index (χ0) is 20.5. The number of aryl methyl sites for hydroxylation is 2. The van der Waals surface area contributed by atoms with Crippen molar-refractivity contribution in [3.63, 3.8) is 0 Å². The van der Waals surface area contributed by atoms with Crippen molar-refractivity contribution in [1.82, 2.24) is 9.78 Å². The Hall–Kier alpha value is -2.83. The number of ether oxygens (including phenoxy) is 1. The predicted molar refractivity (Wildman–Crippen MR) is 119 cm³/mol. The quantitative estimate of drug-likeness (QED) is 0.447. The number of carbonyl (C=O) groups is 1. The number of amides is 1. The van der Waals surface area contributed by atoms with E-state index in [0.29, 0.717) is 27.9 Å². The van der Waals surface area contributed by atoms with Crippen molar-refractivity contribution in [3.05, 3.63) is 75.3 Å². The fourth-order valence-corrected chi connectivity index (χ4v) is 4.47. The Kier molecular flexibility index (Phi) is 5.30. The Balaban J connectivity index is 1.65. The van der Waals surface area contributed by atoms with Gasteiger partial charge in [0.1, 0.15) is 10.6 Å². The molecule has 1 amide bonds. The first-order valence-corrected chi connectivity index (χ1v) is 10.3. The summed E-state index contributed by atoms with van der Waals surface area (Å²) in [6.07, 6.45) is 0. The lowest BCUT2D eigenvalue weighted by Gasteiger charge is -2.10. The molecule has 0 atom stereocenters. The second-order valence-electron chi connectivity index (χ2n) is 6.82. The molecule has 7 heteroatoms. The van der Waals surface area contributed by atoms with Crippen molar-refractivity contribution in [2.75, 3.05) is 12.4 Å². The Morgan fingerprint density at radius 1 is 1.21 bits per heavy atom. The number of fused-ring (bicyclic) bond motifs is 1. The summed E-state index contributed by atoms with van der Waals surface area (Å²) in [5.74, 6) is 0.463. The van der Waals surface area contributed by atoms with Crippen LogP contribution in [-0.4, -0.2) is 22.8 Å². The van der Waals surface area contributed by atoms with Crippen LogP contribution in [0.4, 0.5) is 5.69 Å². The fraction of sp³-hybridized carbons (Fsp3) is 0.182. The molecule has 0 aliphatic rings. The molecule has 2 aromatic heterocycles. The molecule has 0 saturated carbocycles. The van der Waals surface area contributed by atoms with Crippen LogP contribution in [0.2, 0.25) is 5.02 Å². The van der Waals surface area contributed by atoms with Crippen molar-refractivity contribution >= 4 is 44.7 Å². The van der Waals surface area contributed by atoms with Gasteiger partial charge in [-0.25, -0.2) is 0 Å². The molecule has 4 aromatic rings. The molecule has 0 spiro atoms. The molecule has 0 aliphatic heterocycles. The Morgan fingerprint density at radius 3 is 2.76 bits per heavy atom. The highest BCUT2D eigenvalue weighted by atomic mass is 35.5. The molecule has 2 aromatic carbocycles. The fourth-order valence-electron chi connectivity index (χ4n) is 3.22. The second kappa shape index (κ2) is 7.89. The van der Waals surface area contributed by atoms with E-state index >= 15 is 0 Å². The minimum absolute atomic E-state index is 0.168. The van der Waals surface area contributed by atoms with Crippen LogP contribution in [0.25, 0.3) is 10.2 Å². The van der Waals surface area contributed by atoms with E-state index in [2.05, 4.69) is 10.4 Å². The monoisotopic (exact) mass is 425 g/mol. The minimum Gasteiger partial charge on any atom is -0.495 e. The third kappa shape index (κ3) is 3.86. The number of aromatic nitrogens is 2. The largest absolute Gasteiger partial charge is 0.495 e. The van der Waals surface area contributed by atoms with Gasteiger partial charge in [-0.05, 0) is 49.2 Å². The number of halogens is 1. The molecule has 4 rings (SSSR count). The standard InChI is InChI=1S/C22H20ClN3O2S/c1-13-8-9-19(28-3)18(10-13)24-21(27)20-11-16-14(2)25-26(22(16)29-20)12-15-6-4-5-7-17(15)23/h4-11H,12H2,1-3H3,(H,24,27). The highest BCUT2D eigenvalue weighted by Gasteiger charge is 2.18. The van der Waals surface area contributed by atoms with E-state index < -0.39 is 0 Å². The van der Waals surface area contributed by atoms with Gasteiger partial charge in [-0.3, -0.25) is 9.48 Å². The third-order valence-electron chi connectivity index (χ3n) is 4.71. The molecule has 0 bridgehead atoms. The number of rotatable bonds is 5. The molecule has 0 radical (unpaired) electrons. The van der Waals surface area contributed by atoms with E-state index in [1.165, 1.54) is 11.3 Å². The van der Waals surface area contributed by atoms with Crippen molar-refractivity contribution in [2.45, 2.75) is 20.4 Å². The summed E-state index contributed by atoms with van der Waals surface area (Å²) in [4.78, 5) is 14.5. The summed E-state index contributed by atoms with van der Waals surface area (Å²) < 4.78 is 7.26. The van der Waals surface area contributed by atoms with E-state index in [9.17, 15) is 4.79 Å². The third-order valence-corrected chi connectivity index (χ3v) is 6.23. The zero-order valence-corrected chi connectivity index (χ0v) is 17.9. The average molecular weight is 426 g/mol. The van der Waals surface area contributed by atoms with Crippen LogP contribution in [0.1, 0.15) is 26.5 Å². The predicted octanol–water partition coefficient (Wildman–Crippen LogP) is 5.68. The number of carbonyl (C=O) groups excluding carboxylic acids is 1. The molecular formula is C22H20ClN3O2S. The summed E-state index contributed by atoms with van der Waals surface area (Å²) in [6, 6.07) is 15.3. The molecular weight excluding hydrogens is 406 g/mol. The van der Waals surface area contributed by atoms with Gasteiger partial charge in [-0.15, -0.1) is 11.3 Å². The highest BCUT2D eigenvalue weighted by molar-refractivity contribution is 7.20. The molecule has 5 nitrogen and oxygen atoms in total. The number of benzene rings is 2. The summed E-state index contributed by atoms with van der Waals surface area (Å²) in [7, 11) is 1.59. The van der Waals surface area contributed by atoms with Crippen LogP contribution in [0.5, 0.6) is 5.75 Å². The molecule has 0 saturated heterocycles. The van der Waals surface area contributed by atoms with Gasteiger partial charge in [0.2, 0.25) is 0 Å². The van der Waals surface area contributed by atoms with Gasteiger partial charge < -0.3 is 10.1 Å². The summed E-state index contributed by atoms with van der Waals surface area (Å²) in [5.41, 5.74) is 3.57. The lowest BCUT2D eigenvalue weighted by atomic mass is 10.2. The second-order valence-corrected chi connectivity index (χ2v) is 8.26. The van der Waals surface area contributed by atoms with Crippen LogP contribution < -0.4 is 10.1 Å². The molecule has 0 fully saturated rings. The van der Waals surface area contributed by atoms with Gasteiger partial charge in [-0.2, -0.15) is 5.10 Å². The maximum absolute atomic E-state index is 12.9. The average Bonchev–Trinajstić information content (AvgIpc) is 3.25. The smallest absolute Gasteiger partial charge is 0.265 e. The van der Waals surface area contributed by atoms with Gasteiger partial charge in [0, 0.05) is 10.4 Å². The molecule has 2 heterocycles. The number of hydrogen-bond acceptors (Lipinski definition) is 4. The van der Waals surface area contributed by atoms with Crippen LogP contribution in [0, 0.1) is 13.8 Å². The first kappa shape index (κ1) is 19.5. The maximum atomic E-state index is 12.9. The van der Waals surface area contributed by atoms with E-state index in [0.717, 1.165) is 27.0 Å². The number of hydrogen-bond donors (Lipinski definition) is 1. The van der Waals surface area contributed by atoms with Crippen molar-refractivity contribution < 1.29 is 9.53 Å². The van der Waals surface area contributed by atoms with E-state index in [1.54, 1.807) is 7.11 Å². The lowest BCUT2D eigenvalue weighted by Crippen LogP contribution is -2.11. The number of methoxy groups -OCH3 is 1. The van der Waals surface area contributed by atoms with Gasteiger partial charge in [0.15, 0.2) is 0 Å². The molecule has 0 unspecified atom stereocenters. The number of thiophene rings is 1. The van der Waals surface area contributed by atoms with E-state index in [-0.39, 0.29) is 5.91 Å². The molecule has 0 aliphatic carbocycles. The van der Waals surface area contributed by atoms with Gasteiger partial charge >= 0.3 is 0 Å². The summed E-state index contributed by atoms with van der Waals surface area (Å²) in [5, 5.41) is 9.27. The van der Waals surface area contributed by atoms with Crippen LogP contribution in [0.3, 0.4) is 0 Å². The number of anilines is 1. The Morgan fingerprint density at radius 2 is 2.00 bits per heavy atom. The summed E-state index contributed by atoms with van der Waals surface area (Å²) >= 11 is 7.73. The molecule has 148 valence electrons. The summed E-state index contributed by atoms with van der Waals surface area (Å²) in [6.45, 7) is 4.47. The minimum atomic E-state index is -0.168. The van der Waals surface area contributed by atoms with Gasteiger partial charge in [-0.1, -0.05) is 35.9 Å². The Bertz CT molecular complexity index is 1210. The van der Waals surface area contributed by atoms with E-state index in [4.69, 9.17) is 16.3 Å². The number of nitrogens with one attached hydrogen (secondary N) is 1. The van der Waals surface area contributed by atoms with Crippen LogP contribution in [0.15, 0.2) is 48.5 Å². The number of nitrogens with zero attached hydrogens (tertiary/aromatic N) is 2. The molecule has 1 N–H and O–H groups in total. The zero-order valence-electron chi connectivity index (χ0n) is 16.3. The van der Waals surface area contributed by atoms with Crippen molar-refractivity contribution in [3.8, 4) is 5.75 Å². The van der Waals surface area contributed by atoms with Crippen LogP contribution in [-0.2, 0) is 6.54 Å². The van der Waals surface area contributed by atoms with Gasteiger partial charge in [0.25, 0.3) is 5.91 Å². The van der Waals surface area contributed by atoms with Gasteiger partial charge in [0.05, 0.1) is 29.9 Å². The SMILES string of the molecule is COc1ccc(C)cc1NC(=O)c1cc2c(C)nn(Cc3ccccc3Cl)c2s1. The van der Waals surface area contributed by atoms with Crippen molar-refractivity contribution in [1.29, 1.82) is 0 Å².